The van der Waals surface area contributed by atoms with Crippen LogP contribution in [0.25, 0.3) is 0 Å². The molecule has 3 N–H and O–H groups in total. The number of halogens is 1. The molecule has 1 fully saturated rings. The Balaban J connectivity index is 1.91. The van der Waals surface area contributed by atoms with Crippen molar-refractivity contribution in [2.45, 2.75) is 19.1 Å². The third-order valence-electron chi connectivity index (χ3n) is 3.16. The zero-order valence-corrected chi connectivity index (χ0v) is 11.4. The van der Waals surface area contributed by atoms with Crippen molar-refractivity contribution >= 4 is 23.2 Å². The summed E-state index contributed by atoms with van der Waals surface area (Å²) >= 11 is 5.85. The number of likely N-dealkylation sites (tertiary alicyclic amines) is 1. The molecule has 0 aliphatic carbocycles. The van der Waals surface area contributed by atoms with Crippen LogP contribution in [0.4, 0.5) is 5.69 Å². The molecule has 0 spiro atoms. The maximum atomic E-state index is 11.9. The molecule has 1 heterocycles. The number of anilines is 1. The number of benzene rings is 1. The molecule has 2 rings (SSSR count). The van der Waals surface area contributed by atoms with Gasteiger partial charge in [-0.15, -0.1) is 0 Å². The van der Waals surface area contributed by atoms with Crippen LogP contribution in [0, 0.1) is 6.92 Å². The largest absolute Gasteiger partial charge is 0.389 e. The maximum absolute atomic E-state index is 11.9. The first-order chi connectivity index (χ1) is 8.95. The van der Waals surface area contributed by atoms with Gasteiger partial charge in [0.25, 0.3) is 0 Å². The van der Waals surface area contributed by atoms with E-state index in [2.05, 4.69) is 5.32 Å². The number of amides is 1. The van der Waals surface area contributed by atoms with Gasteiger partial charge in [-0.2, -0.15) is 0 Å². The number of aliphatic hydroxyl groups is 2. The van der Waals surface area contributed by atoms with Crippen LogP contribution in [-0.4, -0.2) is 52.9 Å². The summed E-state index contributed by atoms with van der Waals surface area (Å²) in [7, 11) is 0. The average molecular weight is 285 g/mol. The molecule has 1 aliphatic rings. The van der Waals surface area contributed by atoms with Crippen molar-refractivity contribution in [3.8, 4) is 0 Å². The lowest BCUT2D eigenvalue weighted by Crippen LogP contribution is -2.32. The lowest BCUT2D eigenvalue weighted by molar-refractivity contribution is -0.117. The number of hydrogen-bond donors (Lipinski definition) is 3. The SMILES string of the molecule is Cc1cc(Cl)ccc1NC(=O)CN1C[C@@H](O)[C@@H](O)C1. The smallest absolute Gasteiger partial charge is 0.238 e. The van der Waals surface area contributed by atoms with E-state index in [1.807, 2.05) is 6.92 Å². The van der Waals surface area contributed by atoms with E-state index in [0.29, 0.717) is 18.1 Å². The lowest BCUT2D eigenvalue weighted by Gasteiger charge is -2.15. The van der Waals surface area contributed by atoms with Crippen molar-refractivity contribution in [1.82, 2.24) is 4.90 Å². The molecule has 5 nitrogen and oxygen atoms in total. The summed E-state index contributed by atoms with van der Waals surface area (Å²) in [6.07, 6.45) is -1.55. The van der Waals surface area contributed by atoms with Crippen LogP contribution >= 0.6 is 11.6 Å². The monoisotopic (exact) mass is 284 g/mol. The Morgan fingerprint density at radius 2 is 2.05 bits per heavy atom. The van der Waals surface area contributed by atoms with Crippen LogP contribution in [0.15, 0.2) is 18.2 Å². The summed E-state index contributed by atoms with van der Waals surface area (Å²) in [5, 5.41) is 22.2. The molecule has 1 aromatic carbocycles. The molecule has 19 heavy (non-hydrogen) atoms. The molecule has 1 saturated heterocycles. The summed E-state index contributed by atoms with van der Waals surface area (Å²) in [5.41, 5.74) is 1.61. The lowest BCUT2D eigenvalue weighted by atomic mass is 10.2. The Morgan fingerprint density at radius 1 is 1.42 bits per heavy atom. The van der Waals surface area contributed by atoms with Crippen LogP contribution < -0.4 is 5.32 Å². The van der Waals surface area contributed by atoms with Gasteiger partial charge < -0.3 is 15.5 Å². The summed E-state index contributed by atoms with van der Waals surface area (Å²) in [6.45, 7) is 2.64. The highest BCUT2D eigenvalue weighted by Crippen LogP contribution is 2.19. The molecule has 1 amide bonds. The second-order valence-electron chi connectivity index (χ2n) is 4.84. The molecule has 0 aromatic heterocycles. The van der Waals surface area contributed by atoms with Gasteiger partial charge in [-0.05, 0) is 30.7 Å². The molecule has 1 aromatic rings. The van der Waals surface area contributed by atoms with Crippen molar-refractivity contribution in [3.63, 3.8) is 0 Å². The quantitative estimate of drug-likeness (QED) is 0.761. The fraction of sp³-hybridized carbons (Fsp3) is 0.462. The number of hydrogen-bond acceptors (Lipinski definition) is 4. The van der Waals surface area contributed by atoms with E-state index in [4.69, 9.17) is 11.6 Å². The maximum Gasteiger partial charge on any atom is 0.238 e. The number of carbonyl (C=O) groups excluding carboxylic acids is 1. The van der Waals surface area contributed by atoms with Gasteiger partial charge in [-0.3, -0.25) is 9.69 Å². The number of carbonyl (C=O) groups is 1. The van der Waals surface area contributed by atoms with Crippen molar-refractivity contribution in [1.29, 1.82) is 0 Å². The second-order valence-corrected chi connectivity index (χ2v) is 5.27. The van der Waals surface area contributed by atoms with E-state index < -0.39 is 12.2 Å². The van der Waals surface area contributed by atoms with Crippen molar-refractivity contribution in [2.24, 2.45) is 0 Å². The van der Waals surface area contributed by atoms with E-state index in [9.17, 15) is 15.0 Å². The van der Waals surface area contributed by atoms with Gasteiger partial charge in [-0.1, -0.05) is 11.6 Å². The highest BCUT2D eigenvalue weighted by Gasteiger charge is 2.30. The van der Waals surface area contributed by atoms with Gasteiger partial charge >= 0.3 is 0 Å². The fourth-order valence-corrected chi connectivity index (χ4v) is 2.36. The summed E-state index contributed by atoms with van der Waals surface area (Å²) in [4.78, 5) is 13.6. The zero-order chi connectivity index (χ0) is 14.0. The van der Waals surface area contributed by atoms with E-state index >= 15 is 0 Å². The van der Waals surface area contributed by atoms with E-state index in [0.717, 1.165) is 11.3 Å². The van der Waals surface area contributed by atoms with Gasteiger partial charge in [0, 0.05) is 23.8 Å². The summed E-state index contributed by atoms with van der Waals surface area (Å²) in [5.74, 6) is -0.174. The van der Waals surface area contributed by atoms with Gasteiger partial charge in [0.15, 0.2) is 0 Å². The van der Waals surface area contributed by atoms with Crippen LogP contribution in [0.3, 0.4) is 0 Å². The standard InChI is InChI=1S/C13H17ClN2O3/c1-8-4-9(14)2-3-10(8)15-13(19)7-16-5-11(17)12(18)6-16/h2-4,11-12,17-18H,5-7H2,1H3,(H,15,19)/t11-,12+. The van der Waals surface area contributed by atoms with Gasteiger partial charge in [0.05, 0.1) is 18.8 Å². The predicted molar refractivity (Wildman–Crippen MR) is 73.3 cm³/mol. The Bertz CT molecular complexity index is 471. The van der Waals surface area contributed by atoms with Gasteiger partial charge in [-0.25, -0.2) is 0 Å². The third kappa shape index (κ3) is 3.67. The molecule has 0 bridgehead atoms. The molecule has 6 heteroatoms. The molecular weight excluding hydrogens is 268 g/mol. The number of aliphatic hydroxyl groups excluding tert-OH is 2. The third-order valence-corrected chi connectivity index (χ3v) is 3.40. The van der Waals surface area contributed by atoms with Gasteiger partial charge in [0.1, 0.15) is 0 Å². The fourth-order valence-electron chi connectivity index (χ4n) is 2.14. The van der Waals surface area contributed by atoms with E-state index in [-0.39, 0.29) is 12.5 Å². The minimum absolute atomic E-state index is 0.149. The Labute approximate surface area is 116 Å². The second kappa shape index (κ2) is 5.88. The number of rotatable bonds is 3. The number of nitrogens with zero attached hydrogens (tertiary/aromatic N) is 1. The van der Waals surface area contributed by atoms with Crippen LogP contribution in [0.5, 0.6) is 0 Å². The average Bonchev–Trinajstić information content (AvgIpc) is 2.62. The Morgan fingerprint density at radius 3 is 2.63 bits per heavy atom. The normalized spacial score (nSPS) is 23.6. The van der Waals surface area contributed by atoms with Crippen molar-refractivity contribution in [2.75, 3.05) is 25.0 Å². The molecule has 2 atom stereocenters. The predicted octanol–water partition coefficient (Wildman–Crippen LogP) is 0.624. The molecule has 0 saturated carbocycles. The molecule has 104 valence electrons. The molecule has 1 aliphatic heterocycles. The van der Waals surface area contributed by atoms with Crippen LogP contribution in [0.1, 0.15) is 5.56 Å². The number of β-amino-alcohol motifs (C(OH)–C–C–N with tert-alkyl or cyclic N) is 2. The van der Waals surface area contributed by atoms with Crippen LogP contribution in [0.2, 0.25) is 5.02 Å². The Kier molecular flexibility index (Phi) is 4.42. The van der Waals surface area contributed by atoms with E-state index in [1.165, 1.54) is 0 Å². The first kappa shape index (κ1) is 14.3. The first-order valence-electron chi connectivity index (χ1n) is 6.10. The van der Waals surface area contributed by atoms with Crippen molar-refractivity contribution in [3.05, 3.63) is 28.8 Å². The molecular formula is C13H17ClN2O3. The van der Waals surface area contributed by atoms with E-state index in [1.54, 1.807) is 23.1 Å². The Hall–Kier alpha value is -1.14. The summed E-state index contributed by atoms with van der Waals surface area (Å²) < 4.78 is 0. The zero-order valence-electron chi connectivity index (χ0n) is 10.6. The van der Waals surface area contributed by atoms with Crippen molar-refractivity contribution < 1.29 is 15.0 Å². The summed E-state index contributed by atoms with van der Waals surface area (Å²) in [6, 6.07) is 5.25. The highest BCUT2D eigenvalue weighted by molar-refractivity contribution is 6.30. The highest BCUT2D eigenvalue weighted by atomic mass is 35.5. The minimum Gasteiger partial charge on any atom is -0.389 e. The molecule has 0 radical (unpaired) electrons. The van der Waals surface area contributed by atoms with Crippen LogP contribution in [-0.2, 0) is 4.79 Å². The number of aryl methyl sites for hydroxylation is 1. The molecule has 0 unspecified atom stereocenters. The van der Waals surface area contributed by atoms with Gasteiger partial charge in [0.2, 0.25) is 5.91 Å². The first-order valence-corrected chi connectivity index (χ1v) is 6.48. The minimum atomic E-state index is -0.773. The topological polar surface area (TPSA) is 72.8 Å². The number of nitrogens with one attached hydrogen (secondary N) is 1.